The first-order valence-electron chi connectivity index (χ1n) is 6.07. The van der Waals surface area contributed by atoms with Crippen molar-refractivity contribution in [1.82, 2.24) is 0 Å². The first kappa shape index (κ1) is 16.2. The van der Waals surface area contributed by atoms with Crippen molar-refractivity contribution in [2.24, 2.45) is 0 Å². The van der Waals surface area contributed by atoms with Crippen LogP contribution in [-0.2, 0) is 4.79 Å². The van der Waals surface area contributed by atoms with Gasteiger partial charge in [0.2, 0.25) is 5.78 Å². The average molecular weight is 335 g/mol. The van der Waals surface area contributed by atoms with E-state index in [1.165, 1.54) is 24.3 Å². The summed E-state index contributed by atoms with van der Waals surface area (Å²) < 4.78 is 0. The normalized spacial score (nSPS) is 10.1. The van der Waals surface area contributed by atoms with E-state index < -0.39 is 27.0 Å². The van der Waals surface area contributed by atoms with Crippen LogP contribution in [0.25, 0.3) is 11.1 Å². The van der Waals surface area contributed by atoms with E-state index in [4.69, 9.17) is 11.6 Å². The smallest absolute Gasteiger partial charge is 0.278 e. The zero-order valence-electron chi connectivity index (χ0n) is 11.3. The van der Waals surface area contributed by atoms with Gasteiger partial charge in [0.15, 0.2) is 6.29 Å². The van der Waals surface area contributed by atoms with Crippen LogP contribution in [0.2, 0.25) is 5.02 Å². The van der Waals surface area contributed by atoms with Gasteiger partial charge in [-0.3, -0.25) is 29.8 Å². The minimum Gasteiger partial charge on any atom is -0.294 e. The number of benzene rings is 2. The molecule has 2 rings (SSSR count). The molecule has 8 nitrogen and oxygen atoms in total. The van der Waals surface area contributed by atoms with Crippen LogP contribution in [0.15, 0.2) is 36.4 Å². The molecule has 0 aliphatic carbocycles. The first-order valence-corrected chi connectivity index (χ1v) is 6.45. The summed E-state index contributed by atoms with van der Waals surface area (Å²) in [5.41, 5.74) is -1.18. The number of carbonyl (C=O) groups excluding carboxylic acids is 2. The molecular weight excluding hydrogens is 328 g/mol. The van der Waals surface area contributed by atoms with Crippen molar-refractivity contribution in [3.8, 4) is 11.1 Å². The maximum atomic E-state index is 11.3. The Morgan fingerprint density at radius 2 is 1.48 bits per heavy atom. The zero-order chi connectivity index (χ0) is 17.1. The highest BCUT2D eigenvalue weighted by molar-refractivity contribution is 6.33. The first-order chi connectivity index (χ1) is 10.8. The minimum atomic E-state index is -0.926. The van der Waals surface area contributed by atoms with Crippen LogP contribution in [0.3, 0.4) is 0 Å². The lowest BCUT2D eigenvalue weighted by Crippen LogP contribution is -2.02. The Labute approximate surface area is 133 Å². The summed E-state index contributed by atoms with van der Waals surface area (Å²) in [6.07, 6.45) is 0.0312. The van der Waals surface area contributed by atoms with E-state index in [-0.39, 0.29) is 28.0 Å². The molecule has 23 heavy (non-hydrogen) atoms. The minimum absolute atomic E-state index is 0.0174. The van der Waals surface area contributed by atoms with E-state index in [0.29, 0.717) is 0 Å². The van der Waals surface area contributed by atoms with Crippen molar-refractivity contribution in [2.75, 3.05) is 0 Å². The molecular formula is C14H7ClN2O6. The maximum absolute atomic E-state index is 11.3. The summed E-state index contributed by atoms with van der Waals surface area (Å²) in [5.74, 6) is -0.926. The van der Waals surface area contributed by atoms with E-state index in [1.54, 1.807) is 0 Å². The second kappa shape index (κ2) is 6.32. The van der Waals surface area contributed by atoms with E-state index in [2.05, 4.69) is 0 Å². The predicted octanol–water partition coefficient (Wildman–Crippen LogP) is 3.21. The lowest BCUT2D eigenvalue weighted by atomic mass is 9.99. The number of aldehydes is 1. The van der Waals surface area contributed by atoms with Crippen molar-refractivity contribution < 1.29 is 19.4 Å². The molecule has 0 atom stereocenters. The van der Waals surface area contributed by atoms with Gasteiger partial charge < -0.3 is 0 Å². The number of hydrogen-bond acceptors (Lipinski definition) is 6. The topological polar surface area (TPSA) is 120 Å². The Balaban J connectivity index is 2.74. The molecule has 0 bridgehead atoms. The fourth-order valence-corrected chi connectivity index (χ4v) is 2.18. The second-order valence-corrected chi connectivity index (χ2v) is 4.83. The number of halogens is 1. The van der Waals surface area contributed by atoms with E-state index in [9.17, 15) is 29.8 Å². The lowest BCUT2D eigenvalue weighted by Gasteiger charge is -2.06. The van der Waals surface area contributed by atoms with Crippen molar-refractivity contribution in [3.05, 3.63) is 67.2 Å². The van der Waals surface area contributed by atoms with Crippen molar-refractivity contribution >= 4 is 35.0 Å². The highest BCUT2D eigenvalue weighted by atomic mass is 35.5. The highest BCUT2D eigenvalue weighted by Crippen LogP contribution is 2.37. The molecule has 0 N–H and O–H groups in total. The molecule has 0 unspecified atom stereocenters. The Morgan fingerprint density at radius 1 is 0.957 bits per heavy atom. The third-order valence-corrected chi connectivity index (χ3v) is 3.27. The molecule has 0 amide bonds. The quantitative estimate of drug-likeness (QED) is 0.272. The summed E-state index contributed by atoms with van der Waals surface area (Å²) in [6.45, 7) is 0. The third-order valence-electron chi connectivity index (χ3n) is 3.03. The number of hydrogen-bond donors (Lipinski definition) is 0. The molecule has 0 aromatic heterocycles. The summed E-state index contributed by atoms with van der Waals surface area (Å²) in [4.78, 5) is 42.7. The monoisotopic (exact) mass is 334 g/mol. The lowest BCUT2D eigenvalue weighted by molar-refractivity contribution is -0.386. The van der Waals surface area contributed by atoms with E-state index in [0.717, 1.165) is 12.1 Å². The molecule has 116 valence electrons. The van der Waals surface area contributed by atoms with Crippen molar-refractivity contribution in [3.63, 3.8) is 0 Å². The molecule has 0 saturated carbocycles. The molecule has 0 heterocycles. The molecule has 0 saturated heterocycles. The number of rotatable bonds is 5. The molecule has 0 radical (unpaired) electrons. The van der Waals surface area contributed by atoms with Crippen LogP contribution >= 0.6 is 11.6 Å². The zero-order valence-corrected chi connectivity index (χ0v) is 12.0. The Hall–Kier alpha value is -3.13. The second-order valence-electron chi connectivity index (χ2n) is 4.39. The number of nitro groups is 2. The molecule has 0 aliphatic heterocycles. The number of nitrogens with zero attached hydrogens (tertiary/aromatic N) is 2. The molecule has 0 fully saturated rings. The fourth-order valence-electron chi connectivity index (χ4n) is 2.02. The van der Waals surface area contributed by atoms with E-state index >= 15 is 0 Å². The number of nitro benzene ring substituents is 2. The van der Waals surface area contributed by atoms with Gasteiger partial charge in [-0.05, 0) is 24.3 Å². The van der Waals surface area contributed by atoms with Gasteiger partial charge in [0.25, 0.3) is 11.4 Å². The third kappa shape index (κ3) is 3.22. The van der Waals surface area contributed by atoms with Gasteiger partial charge in [-0.2, -0.15) is 0 Å². The standard InChI is InChI=1S/C14H7ClN2O6/c15-9-2-4-11(13(6-9)17(22)23)10-3-1-8(14(19)7-18)5-12(10)16(20)21/h1-7H. The van der Waals surface area contributed by atoms with Gasteiger partial charge in [0.05, 0.1) is 21.0 Å². The summed E-state index contributed by atoms with van der Waals surface area (Å²) in [7, 11) is 0. The Morgan fingerprint density at radius 3 is 2.00 bits per heavy atom. The SMILES string of the molecule is O=CC(=O)c1ccc(-c2ccc(Cl)cc2[N+](=O)[O-])c([N+](=O)[O-])c1. The largest absolute Gasteiger partial charge is 0.294 e. The molecule has 0 aliphatic rings. The van der Waals surface area contributed by atoms with E-state index in [1.807, 2.05) is 0 Å². The molecule has 2 aromatic carbocycles. The predicted molar refractivity (Wildman–Crippen MR) is 80.6 cm³/mol. The molecule has 9 heteroatoms. The van der Waals surface area contributed by atoms with Gasteiger partial charge in [0.1, 0.15) is 0 Å². The van der Waals surface area contributed by atoms with Crippen LogP contribution in [0.4, 0.5) is 11.4 Å². The van der Waals surface area contributed by atoms with Gasteiger partial charge >= 0.3 is 0 Å². The number of ketones is 1. The Bertz CT molecular complexity index is 849. The maximum Gasteiger partial charge on any atom is 0.278 e. The fraction of sp³-hybridized carbons (Fsp3) is 0. The van der Waals surface area contributed by atoms with Crippen molar-refractivity contribution in [2.45, 2.75) is 0 Å². The van der Waals surface area contributed by atoms with Gasteiger partial charge in [-0.15, -0.1) is 0 Å². The van der Waals surface area contributed by atoms with Gasteiger partial charge in [0, 0.05) is 22.7 Å². The summed E-state index contributed by atoms with van der Waals surface area (Å²) >= 11 is 5.71. The van der Waals surface area contributed by atoms with Crippen LogP contribution in [-0.4, -0.2) is 21.9 Å². The number of carbonyl (C=O) groups is 2. The Kier molecular flexibility index (Phi) is 4.47. The summed E-state index contributed by atoms with van der Waals surface area (Å²) in [5, 5.41) is 22.5. The number of Topliss-reactive ketones (excluding diaryl/α,β-unsaturated/α-hetero) is 1. The average Bonchev–Trinajstić information content (AvgIpc) is 2.53. The molecule has 0 spiro atoms. The summed E-state index contributed by atoms with van der Waals surface area (Å²) in [6, 6.07) is 7.00. The van der Waals surface area contributed by atoms with Crippen LogP contribution < -0.4 is 0 Å². The van der Waals surface area contributed by atoms with Crippen LogP contribution in [0.5, 0.6) is 0 Å². The van der Waals surface area contributed by atoms with Crippen molar-refractivity contribution in [1.29, 1.82) is 0 Å². The van der Waals surface area contributed by atoms with Gasteiger partial charge in [-0.25, -0.2) is 0 Å². The molecule has 2 aromatic rings. The van der Waals surface area contributed by atoms with Crippen LogP contribution in [0, 0.1) is 20.2 Å². The van der Waals surface area contributed by atoms with Crippen LogP contribution in [0.1, 0.15) is 10.4 Å². The van der Waals surface area contributed by atoms with Gasteiger partial charge in [-0.1, -0.05) is 11.6 Å². The highest BCUT2D eigenvalue weighted by Gasteiger charge is 2.24.